The van der Waals surface area contributed by atoms with Gasteiger partial charge in [-0.2, -0.15) is 5.26 Å². The minimum Gasteiger partial charge on any atom is -0.497 e. The number of carbonyl (C=O) groups is 1. The zero-order valence-corrected chi connectivity index (χ0v) is 13.7. The van der Waals surface area contributed by atoms with Crippen molar-refractivity contribution < 1.29 is 14.3 Å². The van der Waals surface area contributed by atoms with E-state index < -0.39 is 5.91 Å². The van der Waals surface area contributed by atoms with Crippen molar-refractivity contribution in [3.63, 3.8) is 0 Å². The monoisotopic (exact) mass is 332 g/mol. The normalized spacial score (nSPS) is 10.3. The van der Waals surface area contributed by atoms with Gasteiger partial charge < -0.3 is 14.8 Å². The average molecular weight is 332 g/mol. The number of carbonyl (C=O) groups excluding carboxylic acids is 1. The number of ether oxygens (including phenoxy) is 2. The number of hydrogen-bond donors (Lipinski definition) is 1. The number of anilines is 1. The topological polar surface area (TPSA) is 71.3 Å². The molecule has 1 N–H and O–H groups in total. The second kappa shape index (κ2) is 8.81. The van der Waals surface area contributed by atoms with E-state index in [1.165, 1.54) is 13.2 Å². The standard InChI is InChI=1S/C20H16N2O3/c1-3-11-25-19-10-5-4-7-15(19)12-16(14-21)20(23)22-17-8-6-9-18(13-17)24-2/h1,4-10,12-13H,11H2,2H3,(H,22,23)/b16-12+. The predicted molar refractivity (Wildman–Crippen MR) is 96.0 cm³/mol. The van der Waals surface area contributed by atoms with Crippen LogP contribution in [0.4, 0.5) is 5.69 Å². The summed E-state index contributed by atoms with van der Waals surface area (Å²) in [6.45, 7) is 0.0999. The lowest BCUT2D eigenvalue weighted by atomic mass is 10.1. The molecule has 2 aromatic rings. The van der Waals surface area contributed by atoms with Crippen LogP contribution in [-0.2, 0) is 4.79 Å². The highest BCUT2D eigenvalue weighted by Crippen LogP contribution is 2.22. The maximum absolute atomic E-state index is 12.4. The number of nitriles is 1. The highest BCUT2D eigenvalue weighted by molar-refractivity contribution is 6.09. The molecule has 25 heavy (non-hydrogen) atoms. The van der Waals surface area contributed by atoms with Gasteiger partial charge in [-0.1, -0.05) is 30.2 Å². The summed E-state index contributed by atoms with van der Waals surface area (Å²) in [5.41, 5.74) is 1.07. The third kappa shape index (κ3) is 4.89. The Hall–Kier alpha value is -3.70. The molecule has 0 saturated heterocycles. The molecule has 0 bridgehead atoms. The highest BCUT2D eigenvalue weighted by Gasteiger charge is 2.11. The van der Waals surface area contributed by atoms with Gasteiger partial charge in [-0.3, -0.25) is 4.79 Å². The second-order valence-corrected chi connectivity index (χ2v) is 4.89. The van der Waals surface area contributed by atoms with Crippen molar-refractivity contribution in [3.8, 4) is 29.9 Å². The molecule has 0 aliphatic rings. The van der Waals surface area contributed by atoms with Crippen LogP contribution >= 0.6 is 0 Å². The molecule has 2 aromatic carbocycles. The number of para-hydroxylation sites is 1. The first-order valence-electron chi connectivity index (χ1n) is 7.40. The van der Waals surface area contributed by atoms with Crippen molar-refractivity contribution >= 4 is 17.7 Å². The van der Waals surface area contributed by atoms with Crippen molar-refractivity contribution in [1.82, 2.24) is 0 Å². The number of benzene rings is 2. The SMILES string of the molecule is C#CCOc1ccccc1/C=C(\C#N)C(=O)Nc1cccc(OC)c1. The molecule has 5 nitrogen and oxygen atoms in total. The molecule has 0 saturated carbocycles. The summed E-state index contributed by atoms with van der Waals surface area (Å²) in [6.07, 6.45) is 6.65. The van der Waals surface area contributed by atoms with E-state index in [0.29, 0.717) is 22.7 Å². The Morgan fingerprint density at radius 3 is 2.80 bits per heavy atom. The van der Waals surface area contributed by atoms with Gasteiger partial charge in [-0.15, -0.1) is 6.42 Å². The first kappa shape index (κ1) is 17.7. The van der Waals surface area contributed by atoms with Crippen LogP contribution in [0.3, 0.4) is 0 Å². The molecule has 0 unspecified atom stereocenters. The Balaban J connectivity index is 2.24. The van der Waals surface area contributed by atoms with E-state index in [4.69, 9.17) is 15.9 Å². The van der Waals surface area contributed by atoms with Crippen LogP contribution in [0.2, 0.25) is 0 Å². The molecule has 0 spiro atoms. The summed E-state index contributed by atoms with van der Waals surface area (Å²) in [4.78, 5) is 12.4. The quantitative estimate of drug-likeness (QED) is 0.501. The Bertz CT molecular complexity index is 873. The Morgan fingerprint density at radius 2 is 2.08 bits per heavy atom. The van der Waals surface area contributed by atoms with Crippen LogP contribution in [0, 0.1) is 23.7 Å². The molecular formula is C20H16N2O3. The fraction of sp³-hybridized carbons (Fsp3) is 0.100. The van der Waals surface area contributed by atoms with Crippen molar-refractivity contribution in [1.29, 1.82) is 5.26 Å². The van der Waals surface area contributed by atoms with Gasteiger partial charge in [-0.25, -0.2) is 0 Å². The summed E-state index contributed by atoms with van der Waals surface area (Å²) in [6, 6.07) is 15.8. The van der Waals surface area contributed by atoms with Crippen LogP contribution in [0.5, 0.6) is 11.5 Å². The van der Waals surface area contributed by atoms with E-state index in [2.05, 4.69) is 11.2 Å². The Kier molecular flexibility index (Phi) is 6.22. The van der Waals surface area contributed by atoms with Gasteiger partial charge >= 0.3 is 0 Å². The lowest BCUT2D eigenvalue weighted by molar-refractivity contribution is -0.112. The van der Waals surface area contributed by atoms with Crippen LogP contribution in [0.1, 0.15) is 5.56 Å². The summed E-state index contributed by atoms with van der Waals surface area (Å²) in [7, 11) is 1.54. The summed E-state index contributed by atoms with van der Waals surface area (Å²) in [5, 5.41) is 12.0. The van der Waals surface area contributed by atoms with Crippen LogP contribution in [-0.4, -0.2) is 19.6 Å². The van der Waals surface area contributed by atoms with Gasteiger partial charge in [-0.05, 0) is 24.3 Å². The first-order chi connectivity index (χ1) is 12.2. The van der Waals surface area contributed by atoms with Crippen molar-refractivity contribution in [2.24, 2.45) is 0 Å². The van der Waals surface area contributed by atoms with Crippen LogP contribution in [0.15, 0.2) is 54.1 Å². The lowest BCUT2D eigenvalue weighted by Gasteiger charge is -2.08. The third-order valence-electron chi connectivity index (χ3n) is 3.22. The van der Waals surface area contributed by atoms with Crippen molar-refractivity contribution in [3.05, 3.63) is 59.7 Å². The number of rotatable bonds is 6. The number of nitrogens with zero attached hydrogens (tertiary/aromatic N) is 1. The van der Waals surface area contributed by atoms with Gasteiger partial charge in [0.05, 0.1) is 7.11 Å². The molecular weight excluding hydrogens is 316 g/mol. The highest BCUT2D eigenvalue weighted by atomic mass is 16.5. The molecule has 0 aliphatic heterocycles. The number of nitrogens with one attached hydrogen (secondary N) is 1. The van der Waals surface area contributed by atoms with E-state index in [-0.39, 0.29) is 12.2 Å². The first-order valence-corrected chi connectivity index (χ1v) is 7.40. The Morgan fingerprint density at radius 1 is 1.28 bits per heavy atom. The van der Waals surface area contributed by atoms with Gasteiger partial charge in [0.15, 0.2) is 0 Å². The van der Waals surface area contributed by atoms with Gasteiger partial charge in [0.2, 0.25) is 0 Å². The van der Waals surface area contributed by atoms with E-state index in [1.807, 2.05) is 6.07 Å². The summed E-state index contributed by atoms with van der Waals surface area (Å²) in [5.74, 6) is 2.96. The number of amides is 1. The van der Waals surface area contributed by atoms with Gasteiger partial charge in [0.25, 0.3) is 5.91 Å². The van der Waals surface area contributed by atoms with E-state index in [0.717, 1.165) is 0 Å². The van der Waals surface area contributed by atoms with Crippen molar-refractivity contribution in [2.45, 2.75) is 0 Å². The fourth-order valence-electron chi connectivity index (χ4n) is 2.05. The second-order valence-electron chi connectivity index (χ2n) is 4.89. The van der Waals surface area contributed by atoms with Gasteiger partial charge in [0, 0.05) is 17.3 Å². The predicted octanol–water partition coefficient (Wildman–Crippen LogP) is 3.25. The van der Waals surface area contributed by atoms with E-state index in [9.17, 15) is 10.1 Å². The maximum atomic E-state index is 12.4. The van der Waals surface area contributed by atoms with Crippen LogP contribution < -0.4 is 14.8 Å². The zero-order chi connectivity index (χ0) is 18.1. The largest absolute Gasteiger partial charge is 0.497 e. The van der Waals surface area contributed by atoms with Crippen LogP contribution in [0.25, 0.3) is 6.08 Å². The van der Waals surface area contributed by atoms with E-state index >= 15 is 0 Å². The molecule has 0 aromatic heterocycles. The smallest absolute Gasteiger partial charge is 0.266 e. The number of methoxy groups -OCH3 is 1. The maximum Gasteiger partial charge on any atom is 0.266 e. The summed E-state index contributed by atoms with van der Waals surface area (Å²) < 4.78 is 10.5. The molecule has 0 atom stereocenters. The number of hydrogen-bond acceptors (Lipinski definition) is 4. The fourth-order valence-corrected chi connectivity index (χ4v) is 2.05. The molecule has 0 fully saturated rings. The summed E-state index contributed by atoms with van der Waals surface area (Å²) >= 11 is 0. The molecule has 5 heteroatoms. The van der Waals surface area contributed by atoms with Gasteiger partial charge in [0.1, 0.15) is 29.7 Å². The number of terminal acetylenes is 1. The average Bonchev–Trinajstić information content (AvgIpc) is 2.65. The van der Waals surface area contributed by atoms with E-state index in [1.54, 1.807) is 48.5 Å². The minimum atomic E-state index is -0.525. The molecule has 124 valence electrons. The zero-order valence-electron chi connectivity index (χ0n) is 13.7. The molecule has 2 rings (SSSR count). The third-order valence-corrected chi connectivity index (χ3v) is 3.22. The Labute approximate surface area is 146 Å². The minimum absolute atomic E-state index is 0.0559. The van der Waals surface area contributed by atoms with Crippen molar-refractivity contribution in [2.75, 3.05) is 19.0 Å². The lowest BCUT2D eigenvalue weighted by Crippen LogP contribution is -2.13. The molecule has 0 aliphatic carbocycles. The molecule has 0 radical (unpaired) electrons. The molecule has 1 amide bonds. The molecule has 0 heterocycles.